The molecular formula is C15H21FN2O3. The van der Waals surface area contributed by atoms with Crippen molar-refractivity contribution >= 4 is 11.8 Å². The summed E-state index contributed by atoms with van der Waals surface area (Å²) < 4.78 is 18.3. The van der Waals surface area contributed by atoms with Gasteiger partial charge in [0.1, 0.15) is 6.04 Å². The molecule has 1 rings (SSSR count). The van der Waals surface area contributed by atoms with Gasteiger partial charge in [0.05, 0.1) is 13.5 Å². The van der Waals surface area contributed by atoms with Gasteiger partial charge < -0.3 is 15.4 Å². The maximum Gasteiger partial charge on any atom is 0.242 e. The molecule has 0 aliphatic heterocycles. The van der Waals surface area contributed by atoms with Crippen molar-refractivity contribution in [3.05, 3.63) is 29.6 Å². The number of halogens is 1. The van der Waals surface area contributed by atoms with Crippen molar-refractivity contribution in [1.29, 1.82) is 0 Å². The molecule has 1 unspecified atom stereocenters. The fraction of sp³-hybridized carbons (Fsp3) is 0.467. The van der Waals surface area contributed by atoms with Crippen molar-refractivity contribution in [3.63, 3.8) is 0 Å². The molecule has 0 aliphatic carbocycles. The van der Waals surface area contributed by atoms with Gasteiger partial charge in [-0.15, -0.1) is 0 Å². The third-order valence-corrected chi connectivity index (χ3v) is 2.90. The molecule has 5 nitrogen and oxygen atoms in total. The van der Waals surface area contributed by atoms with Gasteiger partial charge in [0.25, 0.3) is 0 Å². The van der Waals surface area contributed by atoms with E-state index in [9.17, 15) is 14.0 Å². The molecule has 0 heterocycles. The second kappa shape index (κ2) is 8.24. The first-order chi connectivity index (χ1) is 9.97. The van der Waals surface area contributed by atoms with E-state index in [4.69, 9.17) is 4.74 Å². The Balaban J connectivity index is 2.53. The number of benzene rings is 1. The average molecular weight is 296 g/mol. The summed E-state index contributed by atoms with van der Waals surface area (Å²) in [7, 11) is 1.38. The second-order valence-corrected chi connectivity index (χ2v) is 4.73. The third kappa shape index (κ3) is 5.41. The van der Waals surface area contributed by atoms with Gasteiger partial charge in [-0.05, 0) is 31.0 Å². The number of carbonyl (C=O) groups excluding carboxylic acids is 2. The zero-order valence-corrected chi connectivity index (χ0v) is 12.5. The third-order valence-electron chi connectivity index (χ3n) is 2.90. The summed E-state index contributed by atoms with van der Waals surface area (Å²) >= 11 is 0. The van der Waals surface area contributed by atoms with E-state index in [2.05, 4.69) is 10.6 Å². The van der Waals surface area contributed by atoms with Gasteiger partial charge in [-0.25, -0.2) is 4.39 Å². The van der Waals surface area contributed by atoms with E-state index in [1.165, 1.54) is 19.2 Å². The minimum absolute atomic E-state index is 0.00626. The number of amides is 2. The highest BCUT2D eigenvalue weighted by Crippen LogP contribution is 2.17. The number of hydrogen-bond donors (Lipinski definition) is 2. The van der Waals surface area contributed by atoms with Crippen LogP contribution in [0.4, 0.5) is 4.39 Å². The zero-order valence-electron chi connectivity index (χ0n) is 12.5. The molecule has 0 fully saturated rings. The number of rotatable bonds is 7. The van der Waals surface area contributed by atoms with Crippen LogP contribution in [0, 0.1) is 5.82 Å². The fourth-order valence-electron chi connectivity index (χ4n) is 1.76. The molecular weight excluding hydrogens is 275 g/mol. The van der Waals surface area contributed by atoms with Crippen LogP contribution < -0.4 is 15.4 Å². The highest BCUT2D eigenvalue weighted by atomic mass is 19.1. The SMILES string of the molecule is CCCNC(=O)C(C)NC(=O)Cc1ccc(OC)c(F)c1. The fourth-order valence-corrected chi connectivity index (χ4v) is 1.76. The predicted molar refractivity (Wildman–Crippen MR) is 77.6 cm³/mol. The molecule has 0 aromatic heterocycles. The van der Waals surface area contributed by atoms with Gasteiger partial charge in [0, 0.05) is 6.54 Å². The predicted octanol–water partition coefficient (Wildman–Crippen LogP) is 1.41. The van der Waals surface area contributed by atoms with Crippen LogP contribution in [0.15, 0.2) is 18.2 Å². The molecule has 116 valence electrons. The first kappa shape index (κ1) is 16.9. The Morgan fingerprint density at radius 1 is 1.38 bits per heavy atom. The molecule has 1 aromatic carbocycles. The molecule has 0 saturated carbocycles. The van der Waals surface area contributed by atoms with E-state index in [1.807, 2.05) is 6.92 Å². The van der Waals surface area contributed by atoms with Crippen molar-refractivity contribution in [2.45, 2.75) is 32.7 Å². The van der Waals surface area contributed by atoms with Crippen molar-refractivity contribution < 1.29 is 18.7 Å². The average Bonchev–Trinajstić information content (AvgIpc) is 2.44. The summed E-state index contributed by atoms with van der Waals surface area (Å²) in [5.41, 5.74) is 0.520. The van der Waals surface area contributed by atoms with Gasteiger partial charge in [0.15, 0.2) is 11.6 Å². The van der Waals surface area contributed by atoms with Gasteiger partial charge in [-0.2, -0.15) is 0 Å². The molecule has 0 saturated heterocycles. The minimum atomic E-state index is -0.618. The minimum Gasteiger partial charge on any atom is -0.494 e. The van der Waals surface area contributed by atoms with E-state index in [-0.39, 0.29) is 24.0 Å². The summed E-state index contributed by atoms with van der Waals surface area (Å²) in [5.74, 6) is -0.951. The summed E-state index contributed by atoms with van der Waals surface area (Å²) in [6.45, 7) is 4.13. The Kier molecular flexibility index (Phi) is 6.65. The second-order valence-electron chi connectivity index (χ2n) is 4.73. The van der Waals surface area contributed by atoms with Crippen molar-refractivity contribution in [3.8, 4) is 5.75 Å². The van der Waals surface area contributed by atoms with Crippen LogP contribution in [-0.4, -0.2) is 31.5 Å². The lowest BCUT2D eigenvalue weighted by molar-refractivity contribution is -0.128. The molecule has 6 heteroatoms. The number of methoxy groups -OCH3 is 1. The number of nitrogens with one attached hydrogen (secondary N) is 2. The quantitative estimate of drug-likeness (QED) is 0.799. The first-order valence-corrected chi connectivity index (χ1v) is 6.87. The number of carbonyl (C=O) groups is 2. The standard InChI is InChI=1S/C15H21FN2O3/c1-4-7-17-15(20)10(2)18-14(19)9-11-5-6-13(21-3)12(16)8-11/h5-6,8,10H,4,7,9H2,1-3H3,(H,17,20)(H,18,19). The summed E-state index contributed by atoms with van der Waals surface area (Å²) in [6, 6.07) is 3.71. The highest BCUT2D eigenvalue weighted by Gasteiger charge is 2.15. The number of hydrogen-bond acceptors (Lipinski definition) is 3. The van der Waals surface area contributed by atoms with E-state index < -0.39 is 11.9 Å². The maximum atomic E-state index is 13.5. The van der Waals surface area contributed by atoms with Crippen LogP contribution in [0.1, 0.15) is 25.8 Å². The van der Waals surface area contributed by atoms with E-state index in [0.29, 0.717) is 12.1 Å². The van der Waals surface area contributed by atoms with Crippen LogP contribution in [0.3, 0.4) is 0 Å². The molecule has 0 radical (unpaired) electrons. The molecule has 2 amide bonds. The zero-order chi connectivity index (χ0) is 15.8. The first-order valence-electron chi connectivity index (χ1n) is 6.87. The summed E-state index contributed by atoms with van der Waals surface area (Å²) in [6.07, 6.45) is 0.837. The lowest BCUT2D eigenvalue weighted by Gasteiger charge is -2.14. The smallest absolute Gasteiger partial charge is 0.242 e. The van der Waals surface area contributed by atoms with Crippen LogP contribution in [-0.2, 0) is 16.0 Å². The Morgan fingerprint density at radius 2 is 2.10 bits per heavy atom. The largest absolute Gasteiger partial charge is 0.494 e. The Morgan fingerprint density at radius 3 is 2.67 bits per heavy atom. The molecule has 2 N–H and O–H groups in total. The molecule has 0 aliphatic rings. The lowest BCUT2D eigenvalue weighted by Crippen LogP contribution is -2.45. The molecule has 21 heavy (non-hydrogen) atoms. The molecule has 1 aromatic rings. The monoisotopic (exact) mass is 296 g/mol. The highest BCUT2D eigenvalue weighted by molar-refractivity contribution is 5.88. The van der Waals surface area contributed by atoms with Crippen molar-refractivity contribution in [2.75, 3.05) is 13.7 Å². The Bertz CT molecular complexity index is 506. The van der Waals surface area contributed by atoms with Crippen LogP contribution in [0.2, 0.25) is 0 Å². The van der Waals surface area contributed by atoms with Gasteiger partial charge in [-0.3, -0.25) is 9.59 Å². The van der Waals surface area contributed by atoms with Gasteiger partial charge in [-0.1, -0.05) is 13.0 Å². The number of ether oxygens (including phenoxy) is 1. The van der Waals surface area contributed by atoms with Crippen molar-refractivity contribution in [2.24, 2.45) is 0 Å². The molecule has 0 bridgehead atoms. The summed E-state index contributed by atoms with van der Waals surface area (Å²) in [4.78, 5) is 23.4. The Hall–Kier alpha value is -2.11. The van der Waals surface area contributed by atoms with Gasteiger partial charge in [0.2, 0.25) is 11.8 Å². The maximum absolute atomic E-state index is 13.5. The topological polar surface area (TPSA) is 67.4 Å². The van der Waals surface area contributed by atoms with Crippen LogP contribution >= 0.6 is 0 Å². The summed E-state index contributed by atoms with van der Waals surface area (Å²) in [5, 5.41) is 5.28. The normalized spacial score (nSPS) is 11.6. The Labute approximate surface area is 123 Å². The van der Waals surface area contributed by atoms with Gasteiger partial charge >= 0.3 is 0 Å². The van der Waals surface area contributed by atoms with Crippen LogP contribution in [0.5, 0.6) is 5.75 Å². The van der Waals surface area contributed by atoms with E-state index in [1.54, 1.807) is 13.0 Å². The van der Waals surface area contributed by atoms with E-state index >= 15 is 0 Å². The van der Waals surface area contributed by atoms with Crippen LogP contribution in [0.25, 0.3) is 0 Å². The molecule has 0 spiro atoms. The molecule has 1 atom stereocenters. The van der Waals surface area contributed by atoms with E-state index in [0.717, 1.165) is 6.42 Å². The van der Waals surface area contributed by atoms with Crippen molar-refractivity contribution in [1.82, 2.24) is 10.6 Å². The lowest BCUT2D eigenvalue weighted by atomic mass is 10.1.